The summed E-state index contributed by atoms with van der Waals surface area (Å²) >= 11 is 0. The number of rotatable bonds is 7. The molecule has 0 bridgehead atoms. The number of allylic oxidation sites excluding steroid dienone is 4. The van der Waals surface area contributed by atoms with E-state index in [-0.39, 0.29) is 5.92 Å². The molecule has 1 aliphatic carbocycles. The minimum atomic E-state index is -0.496. The Kier molecular flexibility index (Phi) is 6.16. The average Bonchev–Trinajstić information content (AvgIpc) is 2.47. The molecule has 1 atom stereocenters. The maximum atomic E-state index is 13.2. The fraction of sp³-hybridized carbons (Fsp3) is 0.474. The van der Waals surface area contributed by atoms with Crippen molar-refractivity contribution in [2.45, 2.75) is 57.8 Å². The molecule has 114 valence electrons. The first-order chi connectivity index (χ1) is 10.2. The van der Waals surface area contributed by atoms with E-state index in [0.717, 1.165) is 24.5 Å². The minimum absolute atomic E-state index is 0.0963. The van der Waals surface area contributed by atoms with Crippen LogP contribution in [0.5, 0.6) is 0 Å². The van der Waals surface area contributed by atoms with Crippen LogP contribution >= 0.6 is 0 Å². The van der Waals surface area contributed by atoms with Gasteiger partial charge in [0.2, 0.25) is 0 Å². The van der Waals surface area contributed by atoms with E-state index in [1.165, 1.54) is 49.8 Å². The molecule has 0 radical (unpaired) electrons. The predicted molar refractivity (Wildman–Crippen MR) is 84.3 cm³/mol. The van der Waals surface area contributed by atoms with E-state index in [0.29, 0.717) is 0 Å². The van der Waals surface area contributed by atoms with E-state index in [4.69, 9.17) is 0 Å². The van der Waals surface area contributed by atoms with Crippen LogP contribution in [0, 0.1) is 11.6 Å². The first-order valence-electron chi connectivity index (χ1n) is 8.02. The third kappa shape index (κ3) is 5.11. The Bertz CT molecular complexity index is 494. The highest BCUT2D eigenvalue weighted by Crippen LogP contribution is 2.29. The van der Waals surface area contributed by atoms with Crippen molar-refractivity contribution in [3.63, 3.8) is 0 Å². The maximum absolute atomic E-state index is 13.2. The fourth-order valence-corrected chi connectivity index (χ4v) is 2.82. The molecule has 0 N–H and O–H groups in total. The minimum Gasteiger partial charge on any atom is -0.207 e. The summed E-state index contributed by atoms with van der Waals surface area (Å²) in [5.41, 5.74) is 2.08. The normalized spacial score (nSPS) is 17.9. The van der Waals surface area contributed by atoms with Gasteiger partial charge in [0.25, 0.3) is 0 Å². The largest absolute Gasteiger partial charge is 0.207 e. The van der Waals surface area contributed by atoms with Crippen molar-refractivity contribution < 1.29 is 8.78 Å². The first kappa shape index (κ1) is 15.9. The summed E-state index contributed by atoms with van der Waals surface area (Å²) < 4.78 is 26.5. The molecule has 2 heteroatoms. The number of halogens is 2. The zero-order chi connectivity index (χ0) is 15.1. The second kappa shape index (κ2) is 8.11. The lowest BCUT2D eigenvalue weighted by molar-refractivity contribution is 0.577. The molecule has 0 aromatic heterocycles. The third-order valence-electron chi connectivity index (χ3n) is 4.06. The molecule has 1 aromatic carbocycles. The van der Waals surface area contributed by atoms with Crippen LogP contribution in [-0.4, -0.2) is 0 Å². The van der Waals surface area contributed by atoms with Crippen LogP contribution in [-0.2, 0) is 0 Å². The van der Waals surface area contributed by atoms with Crippen molar-refractivity contribution in [3.8, 4) is 0 Å². The second-order valence-corrected chi connectivity index (χ2v) is 5.85. The van der Waals surface area contributed by atoms with Gasteiger partial charge in [-0.15, -0.1) is 0 Å². The van der Waals surface area contributed by atoms with Crippen molar-refractivity contribution in [3.05, 3.63) is 59.2 Å². The van der Waals surface area contributed by atoms with Crippen LogP contribution in [0.2, 0.25) is 0 Å². The monoisotopic (exact) mass is 290 g/mol. The van der Waals surface area contributed by atoms with Crippen molar-refractivity contribution in [1.29, 1.82) is 0 Å². The SMILES string of the molecule is CCCCCCCC1=CCC(c2cc(F)cc(F)c2)C=C1. The zero-order valence-electron chi connectivity index (χ0n) is 12.7. The standard InChI is InChI=1S/C19H24F2/c1-2-3-4-5-6-7-15-8-10-16(11-9-15)17-12-18(20)14-19(21)13-17/h8-10,12-14,16H,2-7,11H2,1H3. The first-order valence-corrected chi connectivity index (χ1v) is 8.02. The molecule has 0 nitrogen and oxygen atoms in total. The predicted octanol–water partition coefficient (Wildman–Crippen LogP) is 6.30. The van der Waals surface area contributed by atoms with Crippen LogP contribution < -0.4 is 0 Å². The Balaban J connectivity index is 1.83. The van der Waals surface area contributed by atoms with E-state index in [1.807, 2.05) is 0 Å². The highest BCUT2D eigenvalue weighted by Gasteiger charge is 2.13. The van der Waals surface area contributed by atoms with Gasteiger partial charge in [0.05, 0.1) is 0 Å². The van der Waals surface area contributed by atoms with Crippen LogP contribution in [0.15, 0.2) is 42.0 Å². The zero-order valence-corrected chi connectivity index (χ0v) is 12.7. The molecule has 0 amide bonds. The molecule has 0 saturated heterocycles. The van der Waals surface area contributed by atoms with E-state index < -0.39 is 11.6 Å². The molecule has 0 heterocycles. The molecular formula is C19H24F2. The smallest absolute Gasteiger partial charge is 0.126 e. The summed E-state index contributed by atoms with van der Waals surface area (Å²) in [7, 11) is 0. The summed E-state index contributed by atoms with van der Waals surface area (Å²) in [5, 5.41) is 0. The Morgan fingerprint density at radius 3 is 2.33 bits per heavy atom. The fourth-order valence-electron chi connectivity index (χ4n) is 2.82. The number of benzene rings is 1. The molecule has 1 unspecified atom stereocenters. The van der Waals surface area contributed by atoms with Gasteiger partial charge in [0.1, 0.15) is 11.6 Å². The van der Waals surface area contributed by atoms with Crippen molar-refractivity contribution in [2.75, 3.05) is 0 Å². The second-order valence-electron chi connectivity index (χ2n) is 5.85. The van der Waals surface area contributed by atoms with Gasteiger partial charge >= 0.3 is 0 Å². The Morgan fingerprint density at radius 2 is 1.71 bits per heavy atom. The van der Waals surface area contributed by atoms with Crippen molar-refractivity contribution in [1.82, 2.24) is 0 Å². The Hall–Kier alpha value is -1.44. The van der Waals surface area contributed by atoms with Gasteiger partial charge in [0.15, 0.2) is 0 Å². The summed E-state index contributed by atoms with van der Waals surface area (Å²) in [6.07, 6.45) is 14.8. The van der Waals surface area contributed by atoms with Gasteiger partial charge in [-0.1, -0.05) is 56.4 Å². The van der Waals surface area contributed by atoms with Crippen molar-refractivity contribution >= 4 is 0 Å². The highest BCUT2D eigenvalue weighted by molar-refractivity contribution is 5.33. The van der Waals surface area contributed by atoms with Gasteiger partial charge in [-0.2, -0.15) is 0 Å². The third-order valence-corrected chi connectivity index (χ3v) is 4.06. The lowest BCUT2D eigenvalue weighted by Gasteiger charge is -2.17. The quantitative estimate of drug-likeness (QED) is 0.517. The number of hydrogen-bond donors (Lipinski definition) is 0. The molecule has 0 aliphatic heterocycles. The molecule has 1 aromatic rings. The summed E-state index contributed by atoms with van der Waals surface area (Å²) in [4.78, 5) is 0. The van der Waals surface area contributed by atoms with Gasteiger partial charge in [0, 0.05) is 12.0 Å². The van der Waals surface area contributed by atoms with Crippen LogP contribution in [0.25, 0.3) is 0 Å². The number of hydrogen-bond acceptors (Lipinski definition) is 0. The summed E-state index contributed by atoms with van der Waals surface area (Å²) in [6, 6.07) is 3.79. The molecule has 0 spiro atoms. The number of unbranched alkanes of at least 4 members (excludes halogenated alkanes) is 4. The van der Waals surface area contributed by atoms with Gasteiger partial charge < -0.3 is 0 Å². The highest BCUT2D eigenvalue weighted by atomic mass is 19.1. The van der Waals surface area contributed by atoms with Gasteiger partial charge in [-0.05, 0) is 37.0 Å². The molecule has 21 heavy (non-hydrogen) atoms. The molecule has 0 saturated carbocycles. The van der Waals surface area contributed by atoms with Gasteiger partial charge in [-0.3, -0.25) is 0 Å². The average molecular weight is 290 g/mol. The molecule has 0 fully saturated rings. The van der Waals surface area contributed by atoms with E-state index >= 15 is 0 Å². The van der Waals surface area contributed by atoms with E-state index in [1.54, 1.807) is 0 Å². The summed E-state index contributed by atoms with van der Waals surface area (Å²) in [6.45, 7) is 2.22. The lowest BCUT2D eigenvalue weighted by Crippen LogP contribution is -2.00. The van der Waals surface area contributed by atoms with Gasteiger partial charge in [-0.25, -0.2) is 8.78 Å². The lowest BCUT2D eigenvalue weighted by atomic mass is 9.89. The maximum Gasteiger partial charge on any atom is 0.126 e. The van der Waals surface area contributed by atoms with Crippen LogP contribution in [0.3, 0.4) is 0 Å². The Labute approximate surface area is 126 Å². The van der Waals surface area contributed by atoms with E-state index in [2.05, 4.69) is 25.2 Å². The molecule has 1 aliphatic rings. The topological polar surface area (TPSA) is 0 Å². The van der Waals surface area contributed by atoms with Crippen LogP contribution in [0.4, 0.5) is 8.78 Å². The Morgan fingerprint density at radius 1 is 1.00 bits per heavy atom. The molecular weight excluding hydrogens is 266 g/mol. The van der Waals surface area contributed by atoms with Crippen molar-refractivity contribution in [2.24, 2.45) is 0 Å². The summed E-state index contributed by atoms with van der Waals surface area (Å²) in [5.74, 6) is -0.896. The van der Waals surface area contributed by atoms with E-state index in [9.17, 15) is 8.78 Å². The van der Waals surface area contributed by atoms with Crippen LogP contribution in [0.1, 0.15) is 63.4 Å². The molecule has 2 rings (SSSR count).